The molecule has 49 heavy (non-hydrogen) atoms. The fourth-order valence-corrected chi connectivity index (χ4v) is 6.74. The van der Waals surface area contributed by atoms with E-state index in [1.165, 1.54) is 0 Å². The number of carbonyl (C=O) groups excluding carboxylic acids is 2. The van der Waals surface area contributed by atoms with Gasteiger partial charge in [-0.3, -0.25) is 0 Å². The first-order valence-corrected chi connectivity index (χ1v) is 17.6. The number of ether oxygens (including phenoxy) is 4. The van der Waals surface area contributed by atoms with Crippen LogP contribution in [0.3, 0.4) is 0 Å². The van der Waals surface area contributed by atoms with Gasteiger partial charge >= 0.3 is 12.2 Å². The summed E-state index contributed by atoms with van der Waals surface area (Å²) in [5, 5.41) is 8.64. The van der Waals surface area contributed by atoms with Crippen LogP contribution in [0, 0.1) is 0 Å². The lowest BCUT2D eigenvalue weighted by Crippen LogP contribution is -2.44. The highest BCUT2D eigenvalue weighted by Crippen LogP contribution is 2.32. The molecule has 0 radical (unpaired) electrons. The Hall–Kier alpha value is -4.38. The smallest absolute Gasteiger partial charge is 0.410 e. The Morgan fingerprint density at radius 1 is 0.796 bits per heavy atom. The predicted molar refractivity (Wildman–Crippen MR) is 186 cm³/mol. The molecule has 11 nitrogen and oxygen atoms in total. The molecule has 4 heterocycles. The maximum absolute atomic E-state index is 12.7. The lowest BCUT2D eigenvalue weighted by Gasteiger charge is -2.37. The van der Waals surface area contributed by atoms with Gasteiger partial charge in [-0.05, 0) is 82.6 Å². The number of benzene rings is 2. The molecule has 1 unspecified atom stereocenters. The van der Waals surface area contributed by atoms with Gasteiger partial charge in [-0.1, -0.05) is 42.5 Å². The molecule has 2 aromatic carbocycles. The van der Waals surface area contributed by atoms with E-state index in [1.54, 1.807) is 11.1 Å². The van der Waals surface area contributed by atoms with Gasteiger partial charge < -0.3 is 33.6 Å². The van der Waals surface area contributed by atoms with Crippen LogP contribution >= 0.6 is 0 Å². The Balaban J connectivity index is 0.947. The molecule has 0 saturated carbocycles. The Morgan fingerprint density at radius 2 is 1.53 bits per heavy atom. The maximum Gasteiger partial charge on any atom is 0.410 e. The third-order valence-electron chi connectivity index (χ3n) is 9.31. The number of anilines is 1. The highest BCUT2D eigenvalue weighted by Gasteiger charge is 2.30. The second-order valence-corrected chi connectivity index (χ2v) is 14.2. The fourth-order valence-electron chi connectivity index (χ4n) is 6.74. The zero-order valence-electron chi connectivity index (χ0n) is 29.0. The minimum atomic E-state index is -0.514. The molecule has 3 saturated heterocycles. The van der Waals surface area contributed by atoms with Crippen molar-refractivity contribution in [3.63, 3.8) is 0 Å². The van der Waals surface area contributed by atoms with Crippen LogP contribution < -0.4 is 9.64 Å². The van der Waals surface area contributed by atoms with Crippen LogP contribution in [0.1, 0.15) is 76.3 Å². The number of amides is 2. The van der Waals surface area contributed by atoms with E-state index in [4.69, 9.17) is 18.9 Å². The lowest BCUT2D eigenvalue weighted by molar-refractivity contribution is -0.0499. The van der Waals surface area contributed by atoms with E-state index >= 15 is 0 Å². The monoisotopic (exact) mass is 671 g/mol. The van der Waals surface area contributed by atoms with E-state index in [0.717, 1.165) is 74.3 Å². The molecule has 3 aliphatic heterocycles. The summed E-state index contributed by atoms with van der Waals surface area (Å²) in [7, 11) is 0. The molecule has 1 aromatic heterocycles. The first-order valence-electron chi connectivity index (χ1n) is 17.6. The fraction of sp³-hybridized carbons (Fsp3) is 0.526. The summed E-state index contributed by atoms with van der Waals surface area (Å²) < 4.78 is 23.9. The number of hydrogen-bond donors (Lipinski definition) is 0. The first kappa shape index (κ1) is 34.5. The van der Waals surface area contributed by atoms with Gasteiger partial charge in [0.05, 0.1) is 18.4 Å². The van der Waals surface area contributed by atoms with Crippen molar-refractivity contribution in [1.82, 2.24) is 20.0 Å². The van der Waals surface area contributed by atoms with E-state index in [9.17, 15) is 9.59 Å². The third-order valence-corrected chi connectivity index (χ3v) is 9.31. The second kappa shape index (κ2) is 15.9. The normalized spacial score (nSPS) is 19.4. The van der Waals surface area contributed by atoms with Crippen LogP contribution in [0.4, 0.5) is 15.4 Å². The highest BCUT2D eigenvalue weighted by molar-refractivity contribution is 5.68. The van der Waals surface area contributed by atoms with Crippen LogP contribution in [0.2, 0.25) is 0 Å². The standard InChI is InChI=1S/C38H49N5O6/c1-38(2,3)49-37(45)43-18-8-12-30(26-43)29-11-7-13-33(23-29)48-34-24-35(40-39-25-34)41-19-14-31(15-20-41)47-32-16-21-42(22-17-32)36(44)46-27-28-9-5-4-6-10-28/h4-7,9-11,13,23-25,30-32H,8,12,14-22,26-27H2,1-3H3. The minimum Gasteiger partial charge on any atom is -0.456 e. The largest absolute Gasteiger partial charge is 0.456 e. The van der Waals surface area contributed by atoms with Gasteiger partial charge in [-0.15, -0.1) is 5.10 Å². The number of piperidine rings is 3. The number of nitrogens with zero attached hydrogens (tertiary/aromatic N) is 5. The van der Waals surface area contributed by atoms with Crippen molar-refractivity contribution < 1.29 is 28.5 Å². The molecule has 3 aliphatic rings. The first-order chi connectivity index (χ1) is 23.7. The molecule has 3 aromatic rings. The molecule has 262 valence electrons. The molecular formula is C38H49N5O6. The van der Waals surface area contributed by atoms with Crippen molar-refractivity contribution in [1.29, 1.82) is 0 Å². The Labute approximate surface area is 289 Å². The second-order valence-electron chi connectivity index (χ2n) is 14.2. The van der Waals surface area contributed by atoms with Crippen molar-refractivity contribution in [3.8, 4) is 11.5 Å². The molecule has 0 bridgehead atoms. The summed E-state index contributed by atoms with van der Waals surface area (Å²) in [6, 6.07) is 19.8. The van der Waals surface area contributed by atoms with Gasteiger partial charge in [-0.2, -0.15) is 5.10 Å². The van der Waals surface area contributed by atoms with E-state index in [2.05, 4.69) is 27.2 Å². The Morgan fingerprint density at radius 3 is 2.27 bits per heavy atom. The van der Waals surface area contributed by atoms with Crippen LogP contribution in [0.5, 0.6) is 11.5 Å². The maximum atomic E-state index is 12.7. The van der Waals surface area contributed by atoms with E-state index in [1.807, 2.05) is 74.2 Å². The molecule has 6 rings (SSSR count). The summed E-state index contributed by atoms with van der Waals surface area (Å²) in [6.45, 7) is 10.2. The van der Waals surface area contributed by atoms with Gasteiger partial charge in [0.2, 0.25) is 0 Å². The number of likely N-dealkylation sites (tertiary alicyclic amines) is 2. The Kier molecular flexibility index (Phi) is 11.2. The van der Waals surface area contributed by atoms with E-state index < -0.39 is 5.60 Å². The number of rotatable bonds is 8. The molecule has 0 aliphatic carbocycles. The van der Waals surface area contributed by atoms with Gasteiger partial charge in [0.15, 0.2) is 11.6 Å². The summed E-state index contributed by atoms with van der Waals surface area (Å²) in [6.07, 6.45) is 6.82. The lowest BCUT2D eigenvalue weighted by atomic mass is 9.90. The molecule has 2 amide bonds. The van der Waals surface area contributed by atoms with Crippen LogP contribution in [0.25, 0.3) is 0 Å². The van der Waals surface area contributed by atoms with Gasteiger partial charge in [0.25, 0.3) is 0 Å². The number of hydrogen-bond acceptors (Lipinski definition) is 9. The summed E-state index contributed by atoms with van der Waals surface area (Å²) in [4.78, 5) is 31.1. The average Bonchev–Trinajstić information content (AvgIpc) is 3.11. The van der Waals surface area contributed by atoms with E-state index in [0.29, 0.717) is 38.5 Å². The van der Waals surface area contributed by atoms with Crippen molar-refractivity contribution >= 4 is 18.0 Å². The topological polar surface area (TPSA) is 107 Å². The molecule has 1 atom stereocenters. The van der Waals surface area contributed by atoms with Crippen LogP contribution in [-0.2, 0) is 20.8 Å². The summed E-state index contributed by atoms with van der Waals surface area (Å²) in [5.74, 6) is 2.37. The zero-order chi connectivity index (χ0) is 34.2. The molecule has 0 spiro atoms. The third kappa shape index (κ3) is 9.84. The van der Waals surface area contributed by atoms with Gasteiger partial charge in [0, 0.05) is 51.3 Å². The van der Waals surface area contributed by atoms with Gasteiger partial charge in [0.1, 0.15) is 18.0 Å². The summed E-state index contributed by atoms with van der Waals surface area (Å²) >= 11 is 0. The van der Waals surface area contributed by atoms with Crippen LogP contribution in [0.15, 0.2) is 66.9 Å². The molecular weight excluding hydrogens is 622 g/mol. The van der Waals surface area contributed by atoms with Crippen molar-refractivity contribution in [2.45, 2.75) is 89.6 Å². The molecule has 0 N–H and O–H groups in total. The van der Waals surface area contributed by atoms with Crippen molar-refractivity contribution in [2.75, 3.05) is 44.2 Å². The number of carbonyl (C=O) groups is 2. The summed E-state index contributed by atoms with van der Waals surface area (Å²) in [5.41, 5.74) is 1.62. The molecule has 11 heteroatoms. The average molecular weight is 672 g/mol. The van der Waals surface area contributed by atoms with Crippen molar-refractivity contribution in [2.24, 2.45) is 0 Å². The SMILES string of the molecule is CC(C)(C)OC(=O)N1CCCC(c2cccc(Oc3cnnc(N4CCC(OC5CCN(C(=O)OCc6ccccc6)CC5)CC4)c3)c2)C1. The van der Waals surface area contributed by atoms with E-state index in [-0.39, 0.29) is 30.3 Å². The molecule has 3 fully saturated rings. The van der Waals surface area contributed by atoms with Gasteiger partial charge in [-0.25, -0.2) is 9.59 Å². The Bertz CT molecular complexity index is 1530. The minimum absolute atomic E-state index is 0.149. The highest BCUT2D eigenvalue weighted by atomic mass is 16.6. The zero-order valence-corrected chi connectivity index (χ0v) is 29.0. The van der Waals surface area contributed by atoms with Crippen LogP contribution in [-0.4, -0.2) is 89.3 Å². The predicted octanol–water partition coefficient (Wildman–Crippen LogP) is 7.17. The van der Waals surface area contributed by atoms with Crippen molar-refractivity contribution in [3.05, 3.63) is 78.0 Å². The number of aromatic nitrogens is 2. The quantitative estimate of drug-likeness (QED) is 0.246.